The lowest BCUT2D eigenvalue weighted by Gasteiger charge is -2.30. The molecule has 0 radical (unpaired) electrons. The second kappa shape index (κ2) is 6.62. The number of halogens is 3. The van der Waals surface area contributed by atoms with Gasteiger partial charge in [-0.15, -0.1) is 0 Å². The molecule has 3 atom stereocenters. The maximum absolute atomic E-state index is 2.61. The Hall–Kier alpha value is 1.67. The van der Waals surface area contributed by atoms with E-state index in [1.165, 1.54) is 31.7 Å². The highest BCUT2D eigenvalue weighted by Gasteiger charge is 2.50. The van der Waals surface area contributed by atoms with Gasteiger partial charge >= 0.3 is 0 Å². The van der Waals surface area contributed by atoms with Crippen LogP contribution >= 0.6 is 67.8 Å². The molecule has 0 saturated heterocycles. The first-order valence-electron chi connectivity index (χ1n) is 6.72. The normalized spacial score (nSPS) is 33.9. The minimum Gasteiger partial charge on any atom is -0.0864 e. The summed E-state index contributed by atoms with van der Waals surface area (Å²) in [5, 5.41) is 0. The lowest BCUT2D eigenvalue weighted by atomic mass is 9.77. The van der Waals surface area contributed by atoms with Gasteiger partial charge in [-0.3, -0.25) is 0 Å². The third-order valence-corrected chi connectivity index (χ3v) is 7.27. The lowest BCUT2D eigenvalue weighted by Crippen LogP contribution is -2.24. The fraction of sp³-hybridized carbons (Fsp3) is 0.733. The van der Waals surface area contributed by atoms with Crippen LogP contribution in [-0.4, -0.2) is 8.86 Å². The smallest absolute Gasteiger partial charge is 0.00900 e. The van der Waals surface area contributed by atoms with Crippen molar-refractivity contribution in [2.24, 2.45) is 23.2 Å². The molecule has 2 aliphatic rings. The van der Waals surface area contributed by atoms with Crippen LogP contribution in [0.4, 0.5) is 0 Å². The highest BCUT2D eigenvalue weighted by atomic mass is 127. The Labute approximate surface area is 152 Å². The van der Waals surface area contributed by atoms with Crippen LogP contribution in [0.2, 0.25) is 0 Å². The van der Waals surface area contributed by atoms with Gasteiger partial charge in [0.05, 0.1) is 0 Å². The molecule has 0 heterocycles. The largest absolute Gasteiger partial charge is 0.0864 e. The van der Waals surface area contributed by atoms with Crippen LogP contribution in [-0.2, 0) is 0 Å². The number of hydrogen-bond acceptors (Lipinski definition) is 0. The maximum atomic E-state index is 2.61. The molecule has 2 aliphatic carbocycles. The first kappa shape index (κ1) is 16.0. The minimum atomic E-state index is 0.409. The molecule has 1 fully saturated rings. The zero-order chi connectivity index (χ0) is 13.3. The van der Waals surface area contributed by atoms with Gasteiger partial charge < -0.3 is 0 Å². The van der Waals surface area contributed by atoms with E-state index in [0.29, 0.717) is 5.41 Å². The highest BCUT2D eigenvalue weighted by Crippen LogP contribution is 2.58. The van der Waals surface area contributed by atoms with Crippen LogP contribution in [0, 0.1) is 23.2 Å². The third-order valence-electron chi connectivity index (χ3n) is 4.80. The Morgan fingerprint density at radius 3 is 2.67 bits per heavy atom. The summed E-state index contributed by atoms with van der Waals surface area (Å²) in [5.74, 6) is 2.62. The van der Waals surface area contributed by atoms with Crippen molar-refractivity contribution in [3.8, 4) is 0 Å². The topological polar surface area (TPSA) is 0 Å². The highest BCUT2D eigenvalue weighted by molar-refractivity contribution is 14.1. The number of allylic oxidation sites excluding steroid dienone is 4. The quantitative estimate of drug-likeness (QED) is 0.275. The Morgan fingerprint density at radius 2 is 2.06 bits per heavy atom. The zero-order valence-corrected chi connectivity index (χ0v) is 17.5. The molecule has 3 unspecified atom stereocenters. The van der Waals surface area contributed by atoms with E-state index >= 15 is 0 Å². The Morgan fingerprint density at radius 1 is 1.33 bits per heavy atom. The van der Waals surface area contributed by atoms with E-state index in [-0.39, 0.29) is 0 Å². The van der Waals surface area contributed by atoms with Crippen LogP contribution < -0.4 is 0 Å². The molecule has 1 saturated carbocycles. The molecule has 18 heavy (non-hydrogen) atoms. The first-order valence-corrected chi connectivity index (χ1v) is 10.8. The van der Waals surface area contributed by atoms with Crippen molar-refractivity contribution < 1.29 is 0 Å². The molecule has 102 valence electrons. The molecule has 0 aromatic carbocycles. The van der Waals surface area contributed by atoms with Crippen molar-refractivity contribution in [1.29, 1.82) is 0 Å². The standard InChI is InChI=1S/C15H21I3/c1-15(2)13-8-10(18)5-6-12(13)11(4-3-7-16)14(15)9-17/h5,8,11-12,14H,3-4,6-7,9H2,1-2H3. The summed E-state index contributed by atoms with van der Waals surface area (Å²) >= 11 is 7.62. The SMILES string of the molecule is CC1(C)C2=CC(I)=CCC2C(CCCI)C1CI. The van der Waals surface area contributed by atoms with E-state index in [1.807, 2.05) is 0 Å². The summed E-state index contributed by atoms with van der Waals surface area (Å²) in [4.78, 5) is 0. The van der Waals surface area contributed by atoms with E-state index < -0.39 is 0 Å². The summed E-state index contributed by atoms with van der Waals surface area (Å²) in [7, 11) is 0. The van der Waals surface area contributed by atoms with Gasteiger partial charge in [-0.2, -0.15) is 0 Å². The Balaban J connectivity index is 2.30. The van der Waals surface area contributed by atoms with E-state index in [1.54, 1.807) is 5.57 Å². The van der Waals surface area contributed by atoms with Gasteiger partial charge in [-0.05, 0) is 75.5 Å². The summed E-state index contributed by atoms with van der Waals surface area (Å²) in [5.41, 5.74) is 2.15. The predicted molar refractivity (Wildman–Crippen MR) is 106 cm³/mol. The summed E-state index contributed by atoms with van der Waals surface area (Å²) in [6, 6.07) is 0. The molecule has 0 aromatic heterocycles. The lowest BCUT2D eigenvalue weighted by molar-refractivity contribution is 0.245. The molecule has 0 aliphatic heterocycles. The van der Waals surface area contributed by atoms with Crippen LogP contribution in [0.25, 0.3) is 0 Å². The molecular weight excluding hydrogens is 561 g/mol. The average molecular weight is 582 g/mol. The minimum absolute atomic E-state index is 0.409. The van der Waals surface area contributed by atoms with E-state index in [0.717, 1.165) is 17.8 Å². The van der Waals surface area contributed by atoms with Gasteiger partial charge in [-0.25, -0.2) is 0 Å². The molecular formula is C15H21I3. The van der Waals surface area contributed by atoms with Crippen molar-refractivity contribution in [3.05, 3.63) is 21.3 Å². The molecule has 0 spiro atoms. The number of fused-ring (bicyclic) bond motifs is 1. The van der Waals surface area contributed by atoms with Gasteiger partial charge in [0, 0.05) is 8.01 Å². The van der Waals surface area contributed by atoms with Gasteiger partial charge in [0.15, 0.2) is 0 Å². The van der Waals surface area contributed by atoms with E-state index in [9.17, 15) is 0 Å². The number of rotatable bonds is 4. The first-order chi connectivity index (χ1) is 8.52. The van der Waals surface area contributed by atoms with E-state index in [2.05, 4.69) is 93.8 Å². The van der Waals surface area contributed by atoms with E-state index in [4.69, 9.17) is 0 Å². The average Bonchev–Trinajstić information content (AvgIpc) is 2.54. The van der Waals surface area contributed by atoms with Gasteiger partial charge in [0.2, 0.25) is 0 Å². The van der Waals surface area contributed by atoms with Crippen molar-refractivity contribution in [1.82, 2.24) is 0 Å². The van der Waals surface area contributed by atoms with Gasteiger partial charge in [0.25, 0.3) is 0 Å². The summed E-state index contributed by atoms with van der Waals surface area (Å²) < 4.78 is 4.07. The zero-order valence-electron chi connectivity index (χ0n) is 11.1. The van der Waals surface area contributed by atoms with Crippen molar-refractivity contribution >= 4 is 67.8 Å². The molecule has 0 aromatic rings. The molecule has 0 amide bonds. The number of alkyl halides is 2. The van der Waals surface area contributed by atoms with Crippen LogP contribution in [0.15, 0.2) is 21.3 Å². The second-order valence-electron chi connectivity index (χ2n) is 6.01. The second-order valence-corrected chi connectivity index (χ2v) is 9.21. The molecule has 2 rings (SSSR count). The van der Waals surface area contributed by atoms with Crippen LogP contribution in [0.1, 0.15) is 33.1 Å². The Bertz CT molecular complexity index is 368. The third kappa shape index (κ3) is 2.97. The fourth-order valence-corrected chi connectivity index (χ4v) is 6.59. The number of hydrogen-bond donors (Lipinski definition) is 0. The van der Waals surface area contributed by atoms with Crippen LogP contribution in [0.3, 0.4) is 0 Å². The van der Waals surface area contributed by atoms with Gasteiger partial charge in [0.1, 0.15) is 0 Å². The predicted octanol–water partition coefficient (Wildman–Crippen LogP) is 6.17. The van der Waals surface area contributed by atoms with Crippen molar-refractivity contribution in [2.75, 3.05) is 8.86 Å². The van der Waals surface area contributed by atoms with Gasteiger partial charge in [-0.1, -0.05) is 70.7 Å². The summed E-state index contributed by atoms with van der Waals surface area (Å²) in [6.07, 6.45) is 9.02. The molecule has 3 heteroatoms. The van der Waals surface area contributed by atoms with Crippen molar-refractivity contribution in [3.63, 3.8) is 0 Å². The fourth-order valence-electron chi connectivity index (χ4n) is 3.80. The molecule has 0 nitrogen and oxygen atoms in total. The van der Waals surface area contributed by atoms with Crippen molar-refractivity contribution in [2.45, 2.75) is 33.1 Å². The maximum Gasteiger partial charge on any atom is 0.00900 e. The summed E-state index contributed by atoms with van der Waals surface area (Å²) in [6.45, 7) is 4.96. The Kier molecular flexibility index (Phi) is 5.90. The molecule has 0 bridgehead atoms. The molecule has 0 N–H and O–H groups in total. The monoisotopic (exact) mass is 582 g/mol. The van der Waals surface area contributed by atoms with Crippen LogP contribution in [0.5, 0.6) is 0 Å².